The third-order valence-electron chi connectivity index (χ3n) is 11.7. The summed E-state index contributed by atoms with van der Waals surface area (Å²) in [5.41, 5.74) is 1.18. The summed E-state index contributed by atoms with van der Waals surface area (Å²) in [4.78, 5) is 4.38. The molecule has 0 amide bonds. The second-order valence-corrected chi connectivity index (χ2v) is 13.1. The lowest BCUT2D eigenvalue weighted by atomic mass is 9.41. The van der Waals surface area contributed by atoms with Gasteiger partial charge in [0, 0.05) is 7.97 Å². The first-order valence-electron chi connectivity index (χ1n) is 16.2. The van der Waals surface area contributed by atoms with E-state index in [1.54, 1.807) is 12.7 Å². The van der Waals surface area contributed by atoms with E-state index < -0.39 is 0 Å². The van der Waals surface area contributed by atoms with Gasteiger partial charge in [-0.05, 0) is 117 Å². The standard InChI is InChI=1S/C29H49N3.2C2H6.H2/c1-6-8-22-13-15-28(4)23(17-22)11-12-24-26-10-7-9-25(29(26,5)16-14-27(24)28)20(2)18-32-21(3)30-19-31-32;2*1-2;/h19-20,22-27H,6-18H2,1-5H3;2*1-2H3;1H/t20-,22-,23?,24-,25?,26?,27?,28-,29+;;;/m0.../s1. The Balaban J connectivity index is 0.000000919. The van der Waals surface area contributed by atoms with Gasteiger partial charge in [0.2, 0.25) is 0 Å². The first-order chi connectivity index (χ1) is 17.4. The molecule has 0 N–H and O–H groups in total. The summed E-state index contributed by atoms with van der Waals surface area (Å²) in [5, 5.41) is 4.52. The highest BCUT2D eigenvalue weighted by molar-refractivity contribution is 5.08. The van der Waals surface area contributed by atoms with E-state index in [2.05, 4.69) is 49.4 Å². The van der Waals surface area contributed by atoms with E-state index >= 15 is 0 Å². The van der Waals surface area contributed by atoms with Gasteiger partial charge in [-0.2, -0.15) is 5.10 Å². The molecule has 210 valence electrons. The highest BCUT2D eigenvalue weighted by atomic mass is 15.3. The van der Waals surface area contributed by atoms with E-state index in [4.69, 9.17) is 0 Å². The zero-order valence-corrected chi connectivity index (χ0v) is 25.7. The molecule has 0 radical (unpaired) electrons. The molecule has 0 spiro atoms. The summed E-state index contributed by atoms with van der Waals surface area (Å²) in [5.74, 6) is 7.63. The van der Waals surface area contributed by atoms with Crippen molar-refractivity contribution in [3.05, 3.63) is 12.2 Å². The maximum Gasteiger partial charge on any atom is 0.138 e. The molecule has 4 aliphatic carbocycles. The molecule has 0 bridgehead atoms. The van der Waals surface area contributed by atoms with Crippen LogP contribution in [0.1, 0.15) is 140 Å². The summed E-state index contributed by atoms with van der Waals surface area (Å²) >= 11 is 0. The molecule has 4 fully saturated rings. The van der Waals surface area contributed by atoms with Gasteiger partial charge in [-0.3, -0.25) is 4.68 Å². The highest BCUT2D eigenvalue weighted by Gasteiger charge is 2.59. The smallest absolute Gasteiger partial charge is 0.138 e. The topological polar surface area (TPSA) is 30.7 Å². The summed E-state index contributed by atoms with van der Waals surface area (Å²) in [6.45, 7) is 21.5. The van der Waals surface area contributed by atoms with Crippen LogP contribution in [0, 0.1) is 59.2 Å². The van der Waals surface area contributed by atoms with Crippen molar-refractivity contribution in [3.63, 3.8) is 0 Å². The monoisotopic (exact) mass is 502 g/mol. The quantitative estimate of drug-likeness (QED) is 0.402. The number of fused-ring (bicyclic) bond motifs is 5. The molecule has 4 aliphatic rings. The molecule has 1 aromatic rings. The number of hydrogen-bond acceptors (Lipinski definition) is 2. The molecule has 9 atom stereocenters. The SMILES string of the molecule is CC.CC.CCC[C@H]1CC[C@@]2(C)C(CC[C@@H]3C2CC[C@@]2(C)C3CCCC2[C@@H](C)Cn2ncnc2C)C1.[HH]. The number of aromatic nitrogens is 3. The number of nitrogens with zero attached hydrogens (tertiary/aromatic N) is 3. The molecule has 1 aromatic heterocycles. The lowest BCUT2D eigenvalue weighted by molar-refractivity contribution is -0.153. The maximum atomic E-state index is 4.52. The Morgan fingerprint density at radius 3 is 2.33 bits per heavy atom. The fraction of sp³-hybridized carbons (Fsp3) is 0.939. The normalized spacial score (nSPS) is 40.2. The first-order valence-corrected chi connectivity index (χ1v) is 16.2. The molecule has 5 rings (SSSR count). The van der Waals surface area contributed by atoms with E-state index in [9.17, 15) is 0 Å². The average molecular weight is 502 g/mol. The highest BCUT2D eigenvalue weighted by Crippen LogP contribution is 2.67. The fourth-order valence-corrected chi connectivity index (χ4v) is 10.1. The van der Waals surface area contributed by atoms with Crippen molar-refractivity contribution in [1.82, 2.24) is 14.8 Å². The molecule has 4 saturated carbocycles. The Labute approximate surface area is 226 Å². The van der Waals surface area contributed by atoms with Crippen molar-refractivity contribution in [3.8, 4) is 0 Å². The van der Waals surface area contributed by atoms with Crippen LogP contribution in [0.5, 0.6) is 0 Å². The predicted molar refractivity (Wildman–Crippen MR) is 157 cm³/mol. The molecule has 0 aliphatic heterocycles. The molecular formula is C33H63N3. The van der Waals surface area contributed by atoms with Crippen LogP contribution in [-0.2, 0) is 6.54 Å². The van der Waals surface area contributed by atoms with Crippen molar-refractivity contribution in [2.45, 2.75) is 146 Å². The second kappa shape index (κ2) is 12.8. The van der Waals surface area contributed by atoms with Crippen LogP contribution >= 0.6 is 0 Å². The Morgan fingerprint density at radius 1 is 0.972 bits per heavy atom. The first kappa shape index (κ1) is 29.7. The number of hydrogen-bond donors (Lipinski definition) is 0. The molecule has 3 nitrogen and oxygen atoms in total. The lowest BCUT2D eigenvalue weighted by Crippen LogP contribution is -2.57. The molecular weight excluding hydrogens is 438 g/mol. The third kappa shape index (κ3) is 5.47. The summed E-state index contributed by atoms with van der Waals surface area (Å²) in [7, 11) is 0. The van der Waals surface area contributed by atoms with Gasteiger partial charge in [-0.1, -0.05) is 74.7 Å². The van der Waals surface area contributed by atoms with Crippen molar-refractivity contribution >= 4 is 0 Å². The van der Waals surface area contributed by atoms with Crippen molar-refractivity contribution in [2.75, 3.05) is 0 Å². The van der Waals surface area contributed by atoms with E-state index in [1.807, 2.05) is 27.7 Å². The van der Waals surface area contributed by atoms with Gasteiger partial charge in [0.15, 0.2) is 0 Å². The van der Waals surface area contributed by atoms with Gasteiger partial charge in [-0.15, -0.1) is 0 Å². The predicted octanol–water partition coefficient (Wildman–Crippen LogP) is 9.99. The third-order valence-corrected chi connectivity index (χ3v) is 11.7. The molecule has 0 saturated heterocycles. The Hall–Kier alpha value is -0.860. The van der Waals surface area contributed by atoms with Crippen LogP contribution < -0.4 is 0 Å². The van der Waals surface area contributed by atoms with Gasteiger partial charge in [-0.25, -0.2) is 4.98 Å². The van der Waals surface area contributed by atoms with Crippen LogP contribution in [0.25, 0.3) is 0 Å². The van der Waals surface area contributed by atoms with Crippen LogP contribution in [0.2, 0.25) is 0 Å². The van der Waals surface area contributed by atoms with Gasteiger partial charge in [0.05, 0.1) is 0 Å². The molecule has 4 unspecified atom stereocenters. The largest absolute Gasteiger partial charge is 0.250 e. The summed E-state index contributed by atoms with van der Waals surface area (Å²) in [6, 6.07) is 0. The van der Waals surface area contributed by atoms with E-state index in [1.165, 1.54) is 70.6 Å². The van der Waals surface area contributed by atoms with Crippen LogP contribution in [0.15, 0.2) is 6.33 Å². The number of aryl methyl sites for hydroxylation is 1. The van der Waals surface area contributed by atoms with Gasteiger partial charge < -0.3 is 0 Å². The Morgan fingerprint density at radius 2 is 1.67 bits per heavy atom. The van der Waals surface area contributed by atoms with Gasteiger partial charge in [0.25, 0.3) is 0 Å². The Bertz CT molecular complexity index is 792. The lowest BCUT2D eigenvalue weighted by Gasteiger charge is -2.64. The zero-order valence-electron chi connectivity index (χ0n) is 25.7. The minimum Gasteiger partial charge on any atom is -0.250 e. The van der Waals surface area contributed by atoms with Crippen LogP contribution in [0.3, 0.4) is 0 Å². The molecule has 3 heteroatoms. The minimum atomic E-state index is 0. The molecule has 0 aromatic carbocycles. The van der Waals surface area contributed by atoms with Gasteiger partial charge in [0.1, 0.15) is 12.2 Å². The summed E-state index contributed by atoms with van der Waals surface area (Å²) < 4.78 is 2.16. The van der Waals surface area contributed by atoms with E-state index in [0.717, 1.165) is 47.9 Å². The number of rotatable bonds is 5. The fourth-order valence-electron chi connectivity index (χ4n) is 10.1. The average Bonchev–Trinajstić information content (AvgIpc) is 3.29. The van der Waals surface area contributed by atoms with E-state index in [-0.39, 0.29) is 1.43 Å². The van der Waals surface area contributed by atoms with Crippen molar-refractivity contribution < 1.29 is 1.43 Å². The maximum absolute atomic E-state index is 4.52. The van der Waals surface area contributed by atoms with Crippen LogP contribution in [0.4, 0.5) is 0 Å². The molecule has 36 heavy (non-hydrogen) atoms. The Kier molecular flexibility index (Phi) is 10.6. The minimum absolute atomic E-state index is 0. The zero-order chi connectivity index (χ0) is 26.5. The van der Waals surface area contributed by atoms with Crippen molar-refractivity contribution in [1.29, 1.82) is 0 Å². The van der Waals surface area contributed by atoms with E-state index in [0.29, 0.717) is 16.7 Å². The van der Waals surface area contributed by atoms with Crippen molar-refractivity contribution in [2.24, 2.45) is 52.3 Å². The van der Waals surface area contributed by atoms with Crippen LogP contribution in [-0.4, -0.2) is 14.8 Å². The molecule has 1 heterocycles. The summed E-state index contributed by atoms with van der Waals surface area (Å²) in [6.07, 6.45) is 19.6. The van der Waals surface area contributed by atoms with Gasteiger partial charge >= 0.3 is 0 Å². The second-order valence-electron chi connectivity index (χ2n) is 13.1.